The molecule has 1 spiro atoms. The maximum atomic E-state index is 3.71. The van der Waals surface area contributed by atoms with Crippen molar-refractivity contribution in [2.75, 3.05) is 0 Å². The molecule has 2 aliphatic rings. The summed E-state index contributed by atoms with van der Waals surface area (Å²) in [5.41, 5.74) is 9.11. The highest BCUT2D eigenvalue weighted by molar-refractivity contribution is 5.82. The summed E-state index contributed by atoms with van der Waals surface area (Å²) in [6, 6.07) is 9.33. The van der Waals surface area contributed by atoms with Crippen molar-refractivity contribution in [2.45, 2.75) is 44.9 Å². The van der Waals surface area contributed by atoms with E-state index in [2.05, 4.69) is 50.0 Å². The van der Waals surface area contributed by atoms with E-state index in [1.807, 2.05) is 0 Å². The van der Waals surface area contributed by atoms with E-state index in [1.54, 1.807) is 5.56 Å². The number of aryl methyl sites for hydroxylation is 1. The molecule has 1 heterocycles. The van der Waals surface area contributed by atoms with Gasteiger partial charge in [-0.2, -0.15) is 0 Å². The van der Waals surface area contributed by atoms with Crippen molar-refractivity contribution in [1.29, 1.82) is 0 Å². The van der Waals surface area contributed by atoms with Gasteiger partial charge in [-0.3, -0.25) is 0 Å². The molecule has 92 valence electrons. The van der Waals surface area contributed by atoms with Gasteiger partial charge in [0.15, 0.2) is 0 Å². The van der Waals surface area contributed by atoms with Crippen LogP contribution < -0.4 is 0 Å². The smallest absolute Gasteiger partial charge is 0.0366 e. The SMILES string of the molecule is Cc1ccc2c(c1)C1(CC1)c1[nH]c(C(C)C)cc1-2. The van der Waals surface area contributed by atoms with Gasteiger partial charge in [0, 0.05) is 22.4 Å². The Morgan fingerprint density at radius 3 is 2.56 bits per heavy atom. The number of benzene rings is 1. The van der Waals surface area contributed by atoms with E-state index >= 15 is 0 Å². The highest BCUT2D eigenvalue weighted by Gasteiger charge is 2.53. The summed E-state index contributed by atoms with van der Waals surface area (Å²) in [4.78, 5) is 3.71. The van der Waals surface area contributed by atoms with Crippen LogP contribution in [0, 0.1) is 6.92 Å². The minimum absolute atomic E-state index is 0.351. The number of nitrogens with one attached hydrogen (secondary N) is 1. The molecular formula is C17H19N. The van der Waals surface area contributed by atoms with Crippen LogP contribution in [0.25, 0.3) is 11.1 Å². The zero-order valence-electron chi connectivity index (χ0n) is 11.3. The fraction of sp³-hybridized carbons (Fsp3) is 0.412. The van der Waals surface area contributed by atoms with Crippen molar-refractivity contribution >= 4 is 0 Å². The highest BCUT2D eigenvalue weighted by Crippen LogP contribution is 2.62. The molecule has 1 N–H and O–H groups in total. The summed E-state index contributed by atoms with van der Waals surface area (Å²) in [6.45, 7) is 6.72. The first kappa shape index (κ1) is 10.4. The van der Waals surface area contributed by atoms with E-state index in [-0.39, 0.29) is 0 Å². The van der Waals surface area contributed by atoms with Crippen LogP contribution in [-0.2, 0) is 5.41 Å². The molecule has 1 nitrogen and oxygen atoms in total. The number of aromatic amines is 1. The lowest BCUT2D eigenvalue weighted by atomic mass is 9.95. The second-order valence-corrected chi connectivity index (χ2v) is 6.30. The molecule has 1 heteroatoms. The number of rotatable bonds is 1. The summed E-state index contributed by atoms with van der Waals surface area (Å²) in [6.07, 6.45) is 2.63. The first-order chi connectivity index (χ1) is 8.62. The fourth-order valence-electron chi connectivity index (χ4n) is 3.44. The standard InChI is InChI=1S/C17H19N/c1-10(2)15-9-13-12-5-4-11(3)8-14(12)17(6-7-17)16(13)18-15/h4-5,8-10,18H,6-7H2,1-3H3. The Hall–Kier alpha value is -1.50. The molecule has 18 heavy (non-hydrogen) atoms. The van der Waals surface area contributed by atoms with Crippen LogP contribution in [-0.4, -0.2) is 4.98 Å². The summed E-state index contributed by atoms with van der Waals surface area (Å²) in [5.74, 6) is 0.584. The monoisotopic (exact) mass is 237 g/mol. The normalized spacial score (nSPS) is 18.2. The Morgan fingerprint density at radius 2 is 1.89 bits per heavy atom. The van der Waals surface area contributed by atoms with Gasteiger partial charge in [0.2, 0.25) is 0 Å². The second kappa shape index (κ2) is 3.09. The van der Waals surface area contributed by atoms with Crippen LogP contribution in [0.4, 0.5) is 0 Å². The average Bonchev–Trinajstić information content (AvgIpc) is 2.95. The summed E-state index contributed by atoms with van der Waals surface area (Å²) in [7, 11) is 0. The minimum atomic E-state index is 0.351. The van der Waals surface area contributed by atoms with Crippen LogP contribution in [0.1, 0.15) is 55.1 Å². The Labute approximate surface area is 108 Å². The van der Waals surface area contributed by atoms with Gasteiger partial charge in [-0.25, -0.2) is 0 Å². The van der Waals surface area contributed by atoms with Crippen molar-refractivity contribution in [3.63, 3.8) is 0 Å². The van der Waals surface area contributed by atoms with Crippen LogP contribution in [0.5, 0.6) is 0 Å². The van der Waals surface area contributed by atoms with Gasteiger partial charge >= 0.3 is 0 Å². The van der Waals surface area contributed by atoms with Gasteiger partial charge in [0.1, 0.15) is 0 Å². The molecule has 0 atom stereocenters. The molecule has 0 aliphatic heterocycles. The third kappa shape index (κ3) is 1.12. The molecule has 1 fully saturated rings. The van der Waals surface area contributed by atoms with Gasteiger partial charge in [-0.05, 0) is 42.9 Å². The average molecular weight is 237 g/mol. The number of hydrogen-bond acceptors (Lipinski definition) is 0. The van der Waals surface area contributed by atoms with Crippen molar-refractivity contribution in [1.82, 2.24) is 4.98 Å². The number of aromatic nitrogens is 1. The van der Waals surface area contributed by atoms with Crippen LogP contribution in [0.2, 0.25) is 0 Å². The van der Waals surface area contributed by atoms with Crippen LogP contribution in [0.15, 0.2) is 24.3 Å². The lowest BCUT2D eigenvalue weighted by molar-refractivity contribution is 0.786. The molecule has 0 unspecified atom stereocenters. The van der Waals surface area contributed by atoms with Crippen LogP contribution in [0.3, 0.4) is 0 Å². The number of hydrogen-bond donors (Lipinski definition) is 1. The van der Waals surface area contributed by atoms with Gasteiger partial charge in [-0.1, -0.05) is 37.6 Å². The van der Waals surface area contributed by atoms with E-state index in [1.165, 1.54) is 40.9 Å². The predicted molar refractivity (Wildman–Crippen MR) is 75.1 cm³/mol. The molecule has 0 amide bonds. The lowest BCUT2D eigenvalue weighted by Crippen LogP contribution is -2.05. The largest absolute Gasteiger partial charge is 0.361 e. The topological polar surface area (TPSA) is 15.8 Å². The number of H-pyrrole nitrogens is 1. The Kier molecular flexibility index (Phi) is 1.79. The van der Waals surface area contributed by atoms with E-state index in [0.717, 1.165) is 0 Å². The summed E-state index contributed by atoms with van der Waals surface area (Å²) >= 11 is 0. The summed E-state index contributed by atoms with van der Waals surface area (Å²) < 4.78 is 0. The predicted octanol–water partition coefficient (Wildman–Crippen LogP) is 4.51. The van der Waals surface area contributed by atoms with Crippen molar-refractivity contribution in [3.8, 4) is 11.1 Å². The first-order valence-electron chi connectivity index (χ1n) is 6.97. The Balaban J connectivity index is 1.99. The third-order valence-electron chi connectivity index (χ3n) is 4.67. The van der Waals surface area contributed by atoms with Gasteiger partial charge < -0.3 is 4.98 Å². The van der Waals surface area contributed by atoms with Crippen molar-refractivity contribution < 1.29 is 0 Å². The Morgan fingerprint density at radius 1 is 1.11 bits per heavy atom. The number of fused-ring (bicyclic) bond motifs is 5. The molecule has 1 aromatic heterocycles. The zero-order valence-corrected chi connectivity index (χ0v) is 11.3. The molecule has 0 radical (unpaired) electrons. The maximum Gasteiger partial charge on any atom is 0.0366 e. The molecule has 1 aromatic carbocycles. The minimum Gasteiger partial charge on any atom is -0.361 e. The van der Waals surface area contributed by atoms with Crippen LogP contribution >= 0.6 is 0 Å². The van der Waals surface area contributed by atoms with Crippen molar-refractivity contribution in [2.24, 2.45) is 0 Å². The van der Waals surface area contributed by atoms with E-state index in [4.69, 9.17) is 0 Å². The van der Waals surface area contributed by atoms with Gasteiger partial charge in [0.05, 0.1) is 0 Å². The molecule has 0 saturated heterocycles. The van der Waals surface area contributed by atoms with Gasteiger partial charge in [0.25, 0.3) is 0 Å². The maximum absolute atomic E-state index is 3.71. The first-order valence-corrected chi connectivity index (χ1v) is 6.97. The van der Waals surface area contributed by atoms with Gasteiger partial charge in [-0.15, -0.1) is 0 Å². The molecule has 0 bridgehead atoms. The molecule has 2 aromatic rings. The lowest BCUT2D eigenvalue weighted by Gasteiger charge is -2.11. The summed E-state index contributed by atoms with van der Waals surface area (Å²) in [5, 5.41) is 0. The molecule has 4 rings (SSSR count). The highest BCUT2D eigenvalue weighted by atomic mass is 14.8. The second-order valence-electron chi connectivity index (χ2n) is 6.30. The van der Waals surface area contributed by atoms with E-state index < -0.39 is 0 Å². The van der Waals surface area contributed by atoms with E-state index in [0.29, 0.717) is 11.3 Å². The fourth-order valence-corrected chi connectivity index (χ4v) is 3.44. The van der Waals surface area contributed by atoms with E-state index in [9.17, 15) is 0 Å². The zero-order chi connectivity index (χ0) is 12.5. The third-order valence-corrected chi connectivity index (χ3v) is 4.67. The Bertz CT molecular complexity index is 642. The quantitative estimate of drug-likeness (QED) is 0.751. The molecule has 1 saturated carbocycles. The molecular weight excluding hydrogens is 218 g/mol. The van der Waals surface area contributed by atoms with Crippen molar-refractivity contribution in [3.05, 3.63) is 46.8 Å². The molecule has 2 aliphatic carbocycles.